The van der Waals surface area contributed by atoms with E-state index in [1.807, 2.05) is 30.3 Å². The van der Waals surface area contributed by atoms with Crippen LogP contribution in [0.4, 0.5) is 11.4 Å². The zero-order valence-electron chi connectivity index (χ0n) is 22.7. The lowest BCUT2D eigenvalue weighted by Crippen LogP contribution is -2.53. The van der Waals surface area contributed by atoms with Crippen LogP contribution < -0.4 is 9.62 Å². The third-order valence-electron chi connectivity index (χ3n) is 6.31. The van der Waals surface area contributed by atoms with Gasteiger partial charge in [-0.15, -0.1) is 0 Å². The van der Waals surface area contributed by atoms with Gasteiger partial charge in [0, 0.05) is 31.6 Å². The summed E-state index contributed by atoms with van der Waals surface area (Å²) in [6.45, 7) is 2.85. The highest BCUT2D eigenvalue weighted by atomic mass is 35.5. The standard InChI is InChI=1S/C28H30Cl2N4O6S/c1-4-31-28(36)26(15-20-8-6-5-7-9-20)32(17-21-11-13-23(29)24(30)14-21)27(35)18-33(41(3,39)40)25-16-22(34(37)38)12-10-19(25)2/h5-14,16,26H,4,15,17-18H2,1-3H3,(H,31,36). The zero-order valence-corrected chi connectivity index (χ0v) is 25.0. The van der Waals surface area contributed by atoms with Crippen molar-refractivity contribution in [3.63, 3.8) is 0 Å². The minimum absolute atomic E-state index is 0.0119. The van der Waals surface area contributed by atoms with E-state index in [1.54, 1.807) is 32.0 Å². The highest BCUT2D eigenvalue weighted by Gasteiger charge is 2.33. The van der Waals surface area contributed by atoms with Crippen molar-refractivity contribution in [2.45, 2.75) is 32.9 Å². The summed E-state index contributed by atoms with van der Waals surface area (Å²) in [6, 6.07) is 16.6. The monoisotopic (exact) mass is 620 g/mol. The van der Waals surface area contributed by atoms with E-state index in [4.69, 9.17) is 23.2 Å². The number of carbonyl (C=O) groups excluding carboxylic acids is 2. The van der Waals surface area contributed by atoms with Gasteiger partial charge in [0.1, 0.15) is 12.6 Å². The number of rotatable bonds is 12. The average molecular weight is 622 g/mol. The van der Waals surface area contributed by atoms with Gasteiger partial charge in [0.05, 0.1) is 26.9 Å². The van der Waals surface area contributed by atoms with Crippen LogP contribution in [0.2, 0.25) is 10.0 Å². The molecule has 2 amide bonds. The molecule has 0 saturated heterocycles. The van der Waals surface area contributed by atoms with Crippen LogP contribution in [0.15, 0.2) is 66.7 Å². The number of benzene rings is 3. The Labute approximate surface area is 249 Å². The summed E-state index contributed by atoms with van der Waals surface area (Å²) in [5.41, 5.74) is 1.41. The number of aryl methyl sites for hydroxylation is 1. The Balaban J connectivity index is 2.11. The summed E-state index contributed by atoms with van der Waals surface area (Å²) in [6.07, 6.45) is 1.06. The molecule has 3 aromatic carbocycles. The molecule has 10 nitrogen and oxygen atoms in total. The predicted octanol–water partition coefficient (Wildman–Crippen LogP) is 4.75. The quantitative estimate of drug-likeness (QED) is 0.230. The normalized spacial score (nSPS) is 11.9. The number of likely N-dealkylation sites (N-methyl/N-ethyl adjacent to an activating group) is 1. The molecule has 41 heavy (non-hydrogen) atoms. The van der Waals surface area contributed by atoms with Crippen LogP contribution in [0.5, 0.6) is 0 Å². The summed E-state index contributed by atoms with van der Waals surface area (Å²) in [4.78, 5) is 39.5. The maximum Gasteiger partial charge on any atom is 0.271 e. The van der Waals surface area contributed by atoms with E-state index in [9.17, 15) is 28.1 Å². The van der Waals surface area contributed by atoms with Crippen molar-refractivity contribution in [3.8, 4) is 0 Å². The molecule has 1 atom stereocenters. The third kappa shape index (κ3) is 8.42. The smallest absolute Gasteiger partial charge is 0.271 e. The van der Waals surface area contributed by atoms with Crippen LogP contribution in [-0.2, 0) is 32.6 Å². The molecule has 0 spiro atoms. The number of anilines is 1. The van der Waals surface area contributed by atoms with Gasteiger partial charge in [-0.25, -0.2) is 8.42 Å². The molecule has 0 saturated carbocycles. The van der Waals surface area contributed by atoms with Crippen molar-refractivity contribution in [2.24, 2.45) is 0 Å². The lowest BCUT2D eigenvalue weighted by molar-refractivity contribution is -0.384. The Kier molecular flexibility index (Phi) is 10.7. The van der Waals surface area contributed by atoms with Crippen LogP contribution >= 0.6 is 23.2 Å². The van der Waals surface area contributed by atoms with Crippen molar-refractivity contribution in [1.29, 1.82) is 0 Å². The number of nitro groups is 1. The van der Waals surface area contributed by atoms with E-state index in [0.717, 1.165) is 22.2 Å². The largest absolute Gasteiger partial charge is 0.355 e. The molecule has 218 valence electrons. The number of sulfonamides is 1. The van der Waals surface area contributed by atoms with E-state index >= 15 is 0 Å². The molecule has 0 aliphatic heterocycles. The number of hydrogen-bond acceptors (Lipinski definition) is 6. The number of nitro benzene ring substituents is 1. The number of carbonyl (C=O) groups is 2. The Hall–Kier alpha value is -3.67. The average Bonchev–Trinajstić information content (AvgIpc) is 2.91. The molecule has 0 fully saturated rings. The molecular weight excluding hydrogens is 591 g/mol. The fourth-order valence-corrected chi connectivity index (χ4v) is 5.48. The molecule has 0 bridgehead atoms. The van der Waals surface area contributed by atoms with Crippen LogP contribution in [0.25, 0.3) is 0 Å². The first-order chi connectivity index (χ1) is 19.3. The Morgan fingerprint density at radius 1 is 1.00 bits per heavy atom. The minimum Gasteiger partial charge on any atom is -0.355 e. The summed E-state index contributed by atoms with van der Waals surface area (Å²) in [5, 5.41) is 14.7. The highest BCUT2D eigenvalue weighted by Crippen LogP contribution is 2.29. The summed E-state index contributed by atoms with van der Waals surface area (Å²) >= 11 is 12.3. The minimum atomic E-state index is -4.09. The summed E-state index contributed by atoms with van der Waals surface area (Å²) < 4.78 is 26.7. The van der Waals surface area contributed by atoms with Crippen molar-refractivity contribution in [3.05, 3.63) is 104 Å². The molecule has 3 rings (SSSR count). The van der Waals surface area contributed by atoms with E-state index in [-0.39, 0.29) is 29.4 Å². The number of nitrogens with one attached hydrogen (secondary N) is 1. The van der Waals surface area contributed by atoms with E-state index in [1.165, 1.54) is 17.0 Å². The first-order valence-corrected chi connectivity index (χ1v) is 15.2. The van der Waals surface area contributed by atoms with Gasteiger partial charge in [-0.1, -0.05) is 65.7 Å². The van der Waals surface area contributed by atoms with Gasteiger partial charge >= 0.3 is 0 Å². The van der Waals surface area contributed by atoms with Crippen molar-refractivity contribution in [2.75, 3.05) is 23.7 Å². The second-order valence-electron chi connectivity index (χ2n) is 9.37. The topological polar surface area (TPSA) is 130 Å². The molecule has 0 heterocycles. The highest BCUT2D eigenvalue weighted by molar-refractivity contribution is 7.92. The van der Waals surface area contributed by atoms with Gasteiger partial charge in [0.2, 0.25) is 21.8 Å². The number of nitrogens with zero attached hydrogens (tertiary/aromatic N) is 3. The number of halogens is 2. The molecule has 13 heteroatoms. The first-order valence-electron chi connectivity index (χ1n) is 12.6. The van der Waals surface area contributed by atoms with Gasteiger partial charge in [-0.05, 0) is 42.7 Å². The molecule has 1 N–H and O–H groups in total. The predicted molar refractivity (Wildman–Crippen MR) is 160 cm³/mol. The van der Waals surface area contributed by atoms with E-state index in [2.05, 4.69) is 5.32 Å². The fraction of sp³-hybridized carbons (Fsp3) is 0.286. The molecule has 3 aromatic rings. The Morgan fingerprint density at radius 2 is 1.68 bits per heavy atom. The van der Waals surface area contributed by atoms with Crippen LogP contribution in [0.3, 0.4) is 0 Å². The van der Waals surface area contributed by atoms with Crippen molar-refractivity contribution >= 4 is 56.4 Å². The summed E-state index contributed by atoms with van der Waals surface area (Å²) in [7, 11) is -4.09. The number of hydrogen-bond donors (Lipinski definition) is 1. The second-order valence-corrected chi connectivity index (χ2v) is 12.1. The molecule has 1 unspecified atom stereocenters. The van der Waals surface area contributed by atoms with Crippen molar-refractivity contribution in [1.82, 2.24) is 10.2 Å². The Morgan fingerprint density at radius 3 is 2.27 bits per heavy atom. The van der Waals surface area contributed by atoms with Gasteiger partial charge < -0.3 is 10.2 Å². The third-order valence-corrected chi connectivity index (χ3v) is 8.18. The maximum absolute atomic E-state index is 14.0. The Bertz CT molecular complexity index is 1540. The lowest BCUT2D eigenvalue weighted by atomic mass is 10.0. The van der Waals surface area contributed by atoms with Crippen LogP contribution in [0, 0.1) is 17.0 Å². The van der Waals surface area contributed by atoms with E-state index < -0.39 is 39.3 Å². The zero-order chi connectivity index (χ0) is 30.3. The molecular formula is C28H30Cl2N4O6S. The van der Waals surface area contributed by atoms with Gasteiger partial charge in [-0.3, -0.25) is 24.0 Å². The molecule has 0 aromatic heterocycles. The van der Waals surface area contributed by atoms with E-state index in [0.29, 0.717) is 22.7 Å². The second kappa shape index (κ2) is 13.8. The lowest BCUT2D eigenvalue weighted by Gasteiger charge is -2.33. The van der Waals surface area contributed by atoms with Gasteiger partial charge in [0.25, 0.3) is 5.69 Å². The number of non-ortho nitro benzene ring substituents is 1. The van der Waals surface area contributed by atoms with Crippen LogP contribution in [0.1, 0.15) is 23.6 Å². The molecule has 0 aliphatic rings. The number of amides is 2. The van der Waals surface area contributed by atoms with Crippen molar-refractivity contribution < 1.29 is 22.9 Å². The summed E-state index contributed by atoms with van der Waals surface area (Å²) in [5.74, 6) is -1.12. The van der Waals surface area contributed by atoms with Gasteiger partial charge in [-0.2, -0.15) is 0 Å². The van der Waals surface area contributed by atoms with Gasteiger partial charge in [0.15, 0.2) is 0 Å². The molecule has 0 aliphatic carbocycles. The SMILES string of the molecule is CCNC(=O)C(Cc1ccccc1)N(Cc1ccc(Cl)c(Cl)c1)C(=O)CN(c1cc([N+](=O)[O-])ccc1C)S(C)(=O)=O. The fourth-order valence-electron chi connectivity index (χ4n) is 4.26. The molecule has 0 radical (unpaired) electrons. The first kappa shape index (κ1) is 31.9. The van der Waals surface area contributed by atoms with Crippen LogP contribution in [-0.4, -0.2) is 55.4 Å². The maximum atomic E-state index is 14.0.